The van der Waals surface area contributed by atoms with Gasteiger partial charge in [-0.25, -0.2) is 9.97 Å². The Morgan fingerprint density at radius 2 is 2.20 bits per heavy atom. The van der Waals surface area contributed by atoms with Crippen LogP contribution >= 0.6 is 0 Å². The van der Waals surface area contributed by atoms with Crippen LogP contribution in [-0.2, 0) is 6.18 Å². The van der Waals surface area contributed by atoms with Crippen LogP contribution in [0.3, 0.4) is 0 Å². The van der Waals surface area contributed by atoms with E-state index in [0.29, 0.717) is 0 Å². The summed E-state index contributed by atoms with van der Waals surface area (Å²) in [6, 6.07) is 0.755. The summed E-state index contributed by atoms with van der Waals surface area (Å²) >= 11 is 0. The van der Waals surface area contributed by atoms with E-state index in [1.807, 2.05) is 0 Å². The molecule has 2 heterocycles. The Bertz CT molecular complexity index is 345. The summed E-state index contributed by atoms with van der Waals surface area (Å²) < 4.78 is 37.0. The second kappa shape index (κ2) is 3.77. The van der Waals surface area contributed by atoms with Crippen molar-refractivity contribution in [1.29, 1.82) is 0 Å². The third-order valence-electron chi connectivity index (χ3n) is 2.34. The first kappa shape index (κ1) is 10.4. The summed E-state index contributed by atoms with van der Waals surface area (Å²) in [5, 5.41) is 3.06. The average Bonchev–Trinajstić information content (AvgIpc) is 2.69. The predicted octanol–water partition coefficient (Wildman–Crippen LogP) is 1.92. The molecule has 0 bridgehead atoms. The van der Waals surface area contributed by atoms with Gasteiger partial charge in [0.25, 0.3) is 0 Å². The van der Waals surface area contributed by atoms with Crippen molar-refractivity contribution >= 4 is 0 Å². The minimum atomic E-state index is -4.39. The lowest BCUT2D eigenvalue weighted by Gasteiger charge is -2.11. The molecule has 0 unspecified atom stereocenters. The molecule has 3 nitrogen and oxygen atoms in total. The molecule has 82 valence electrons. The number of nitrogens with zero attached hydrogens (tertiary/aromatic N) is 2. The molecule has 1 aromatic rings. The number of halogens is 3. The average molecular weight is 217 g/mol. The van der Waals surface area contributed by atoms with Crippen LogP contribution in [0.5, 0.6) is 0 Å². The Morgan fingerprint density at radius 3 is 2.80 bits per heavy atom. The molecule has 0 aromatic carbocycles. The summed E-state index contributed by atoms with van der Waals surface area (Å²) in [7, 11) is 0. The molecule has 6 heteroatoms. The normalized spacial score (nSPS) is 21.9. The van der Waals surface area contributed by atoms with Crippen molar-refractivity contribution in [3.05, 3.63) is 23.8 Å². The fourth-order valence-electron chi connectivity index (χ4n) is 1.60. The molecule has 1 aliphatic rings. The van der Waals surface area contributed by atoms with Gasteiger partial charge in [-0.1, -0.05) is 0 Å². The van der Waals surface area contributed by atoms with E-state index >= 15 is 0 Å². The molecule has 0 aliphatic carbocycles. The van der Waals surface area contributed by atoms with Gasteiger partial charge >= 0.3 is 6.18 Å². The van der Waals surface area contributed by atoms with Gasteiger partial charge in [0.1, 0.15) is 11.5 Å². The quantitative estimate of drug-likeness (QED) is 0.780. The van der Waals surface area contributed by atoms with Crippen molar-refractivity contribution in [1.82, 2.24) is 15.3 Å². The highest BCUT2D eigenvalue weighted by molar-refractivity contribution is 5.09. The molecule has 0 radical (unpaired) electrons. The minimum absolute atomic E-state index is 0.132. The largest absolute Gasteiger partial charge is 0.433 e. The molecule has 0 amide bonds. The molecule has 2 rings (SSSR count). The van der Waals surface area contributed by atoms with E-state index in [4.69, 9.17) is 0 Å². The third kappa shape index (κ3) is 2.26. The second-order valence-electron chi connectivity index (χ2n) is 3.45. The number of hydrogen-bond donors (Lipinski definition) is 1. The first-order valence-corrected chi connectivity index (χ1v) is 4.71. The molecule has 1 fully saturated rings. The van der Waals surface area contributed by atoms with Crippen LogP contribution in [0.2, 0.25) is 0 Å². The Kier molecular flexibility index (Phi) is 2.60. The monoisotopic (exact) mass is 217 g/mol. The fourth-order valence-corrected chi connectivity index (χ4v) is 1.60. The first-order valence-electron chi connectivity index (χ1n) is 4.71. The van der Waals surface area contributed by atoms with E-state index in [1.165, 1.54) is 0 Å². The highest BCUT2D eigenvalue weighted by Gasteiger charge is 2.33. The molecule has 1 aliphatic heterocycles. The van der Waals surface area contributed by atoms with Gasteiger partial charge in [-0.2, -0.15) is 13.2 Å². The lowest BCUT2D eigenvalue weighted by Crippen LogP contribution is -2.18. The molecule has 15 heavy (non-hydrogen) atoms. The number of aromatic nitrogens is 2. The van der Waals surface area contributed by atoms with Crippen LogP contribution < -0.4 is 5.32 Å². The third-order valence-corrected chi connectivity index (χ3v) is 2.34. The van der Waals surface area contributed by atoms with Crippen LogP contribution in [0.15, 0.2) is 12.3 Å². The van der Waals surface area contributed by atoms with Crippen LogP contribution in [-0.4, -0.2) is 16.5 Å². The lowest BCUT2D eigenvalue weighted by atomic mass is 10.2. The Balaban J connectivity index is 2.26. The van der Waals surface area contributed by atoms with Gasteiger partial charge in [-0.3, -0.25) is 0 Å². The summed E-state index contributed by atoms with van der Waals surface area (Å²) in [6.07, 6.45) is -1.49. The second-order valence-corrected chi connectivity index (χ2v) is 3.45. The van der Waals surface area contributed by atoms with Gasteiger partial charge in [0.2, 0.25) is 0 Å². The Hall–Kier alpha value is -1.17. The van der Waals surface area contributed by atoms with Gasteiger partial charge in [-0.05, 0) is 25.5 Å². The van der Waals surface area contributed by atoms with Crippen LogP contribution in [0.25, 0.3) is 0 Å². The van der Waals surface area contributed by atoms with Gasteiger partial charge in [-0.15, -0.1) is 0 Å². The summed E-state index contributed by atoms with van der Waals surface area (Å²) in [4.78, 5) is 7.39. The van der Waals surface area contributed by atoms with Gasteiger partial charge in [0, 0.05) is 6.20 Å². The van der Waals surface area contributed by atoms with Crippen molar-refractivity contribution in [2.75, 3.05) is 6.54 Å². The first-order chi connectivity index (χ1) is 7.07. The SMILES string of the molecule is FC(F)(F)c1ccnc([C@H]2CCCN2)n1. The predicted molar refractivity (Wildman–Crippen MR) is 47.0 cm³/mol. The highest BCUT2D eigenvalue weighted by Crippen LogP contribution is 2.28. The van der Waals surface area contributed by atoms with E-state index in [0.717, 1.165) is 31.6 Å². The van der Waals surface area contributed by atoms with Gasteiger partial charge in [0.05, 0.1) is 6.04 Å². The lowest BCUT2D eigenvalue weighted by molar-refractivity contribution is -0.141. The molecule has 1 N–H and O–H groups in total. The molecule has 1 saturated heterocycles. The maximum atomic E-state index is 12.3. The zero-order chi connectivity index (χ0) is 10.9. The fraction of sp³-hybridized carbons (Fsp3) is 0.556. The van der Waals surface area contributed by atoms with Gasteiger partial charge < -0.3 is 5.32 Å². The highest BCUT2D eigenvalue weighted by atomic mass is 19.4. The number of rotatable bonds is 1. The van der Waals surface area contributed by atoms with Crippen molar-refractivity contribution in [3.63, 3.8) is 0 Å². The van der Waals surface area contributed by atoms with Crippen molar-refractivity contribution in [2.24, 2.45) is 0 Å². The molecular weight excluding hydrogens is 207 g/mol. The van der Waals surface area contributed by atoms with E-state index in [9.17, 15) is 13.2 Å². The van der Waals surface area contributed by atoms with E-state index in [1.54, 1.807) is 0 Å². The summed E-state index contributed by atoms with van der Waals surface area (Å²) in [5.74, 6) is 0.238. The summed E-state index contributed by atoms with van der Waals surface area (Å²) in [6.45, 7) is 0.810. The molecule has 1 atom stereocenters. The maximum Gasteiger partial charge on any atom is 0.433 e. The number of alkyl halides is 3. The molecule has 0 spiro atoms. The zero-order valence-electron chi connectivity index (χ0n) is 7.88. The van der Waals surface area contributed by atoms with Crippen LogP contribution in [0, 0.1) is 0 Å². The van der Waals surface area contributed by atoms with Crippen molar-refractivity contribution in [2.45, 2.75) is 25.1 Å². The zero-order valence-corrected chi connectivity index (χ0v) is 7.88. The Labute approximate surface area is 84.7 Å². The van der Waals surface area contributed by atoms with Gasteiger partial charge in [0.15, 0.2) is 0 Å². The molecule has 1 aromatic heterocycles. The number of hydrogen-bond acceptors (Lipinski definition) is 3. The topological polar surface area (TPSA) is 37.8 Å². The molecule has 0 saturated carbocycles. The number of nitrogens with one attached hydrogen (secondary N) is 1. The van der Waals surface area contributed by atoms with E-state index in [2.05, 4.69) is 15.3 Å². The smallest absolute Gasteiger partial charge is 0.307 e. The van der Waals surface area contributed by atoms with E-state index in [-0.39, 0.29) is 11.9 Å². The standard InChI is InChI=1S/C9H10F3N3/c10-9(11,12)7-3-5-14-8(15-7)6-2-1-4-13-6/h3,5-6,13H,1-2,4H2/t6-/m1/s1. The van der Waals surface area contributed by atoms with Crippen molar-refractivity contribution in [3.8, 4) is 0 Å². The van der Waals surface area contributed by atoms with Crippen LogP contribution in [0.4, 0.5) is 13.2 Å². The van der Waals surface area contributed by atoms with Crippen LogP contribution in [0.1, 0.15) is 30.4 Å². The van der Waals surface area contributed by atoms with E-state index < -0.39 is 11.9 Å². The van der Waals surface area contributed by atoms with Crippen molar-refractivity contribution < 1.29 is 13.2 Å². The minimum Gasteiger partial charge on any atom is -0.307 e. The Morgan fingerprint density at radius 1 is 1.40 bits per heavy atom. The maximum absolute atomic E-state index is 12.3. The molecular formula is C9H10F3N3. The summed E-state index contributed by atoms with van der Waals surface area (Å²) in [5.41, 5.74) is -0.874.